The highest BCUT2D eigenvalue weighted by atomic mass is 15.0. The highest BCUT2D eigenvalue weighted by Gasteiger charge is 2.14. The van der Waals surface area contributed by atoms with E-state index in [9.17, 15) is 0 Å². The molecule has 1 aliphatic rings. The van der Waals surface area contributed by atoms with E-state index in [1.165, 1.54) is 5.56 Å². The number of benzene rings is 1. The number of aromatic nitrogens is 2. The van der Waals surface area contributed by atoms with Crippen molar-refractivity contribution in [3.05, 3.63) is 47.9 Å². The predicted octanol–water partition coefficient (Wildman–Crippen LogP) is 3.15. The van der Waals surface area contributed by atoms with Gasteiger partial charge in [0.15, 0.2) is 5.82 Å². The molecule has 1 aromatic carbocycles. The van der Waals surface area contributed by atoms with E-state index in [2.05, 4.69) is 27.4 Å². The first-order chi connectivity index (χ1) is 7.93. The first-order valence-corrected chi connectivity index (χ1v) is 5.58. The number of hydrogen-bond donors (Lipinski definition) is 1. The summed E-state index contributed by atoms with van der Waals surface area (Å²) >= 11 is 0. The quantitative estimate of drug-likeness (QED) is 0.623. The first-order valence-electron chi connectivity index (χ1n) is 5.58. The van der Waals surface area contributed by atoms with Gasteiger partial charge in [0, 0.05) is 24.5 Å². The second kappa shape index (κ2) is 4.75. The molecule has 16 heavy (non-hydrogen) atoms. The molecule has 0 saturated heterocycles. The Morgan fingerprint density at radius 3 is 2.69 bits per heavy atom. The summed E-state index contributed by atoms with van der Waals surface area (Å²) in [4.78, 5) is 8.54. The summed E-state index contributed by atoms with van der Waals surface area (Å²) in [5.41, 5.74) is 3.44. The lowest BCUT2D eigenvalue weighted by atomic mass is 10.0. The van der Waals surface area contributed by atoms with Gasteiger partial charge in [-0.15, -0.1) is 0 Å². The van der Waals surface area contributed by atoms with Crippen LogP contribution < -0.4 is 5.32 Å². The maximum atomic E-state index is 4.29. The molecule has 0 atom stereocenters. The lowest BCUT2D eigenvalue weighted by molar-refractivity contribution is 1.01. The third-order valence-corrected chi connectivity index (χ3v) is 2.40. The maximum absolute atomic E-state index is 4.29. The van der Waals surface area contributed by atoms with Gasteiger partial charge >= 0.3 is 0 Å². The summed E-state index contributed by atoms with van der Waals surface area (Å²) in [6.45, 7) is 4.00. The molecule has 3 nitrogen and oxygen atoms in total. The highest BCUT2D eigenvalue weighted by molar-refractivity contribution is 5.67. The minimum Gasteiger partial charge on any atom is -0.338 e. The number of anilines is 2. The number of nitrogens with one attached hydrogen (secondary N) is 1. The molecule has 3 heteroatoms. The molecule has 0 unspecified atom stereocenters. The first kappa shape index (κ1) is 10.6. The van der Waals surface area contributed by atoms with Crippen molar-refractivity contribution in [2.75, 3.05) is 5.32 Å². The van der Waals surface area contributed by atoms with Gasteiger partial charge < -0.3 is 5.32 Å². The van der Waals surface area contributed by atoms with E-state index in [-0.39, 0.29) is 0 Å². The molecule has 2 heterocycles. The van der Waals surface area contributed by atoms with Crippen molar-refractivity contribution in [2.45, 2.75) is 20.3 Å². The lowest BCUT2D eigenvalue weighted by Crippen LogP contribution is -2.09. The third-order valence-electron chi connectivity index (χ3n) is 2.40. The van der Waals surface area contributed by atoms with Gasteiger partial charge in [-0.2, -0.15) is 0 Å². The molecule has 0 saturated carbocycles. The van der Waals surface area contributed by atoms with Gasteiger partial charge in [0.25, 0.3) is 0 Å². The van der Waals surface area contributed by atoms with Gasteiger partial charge in [-0.1, -0.05) is 32.0 Å². The van der Waals surface area contributed by atoms with E-state index in [0.717, 1.165) is 23.6 Å². The summed E-state index contributed by atoms with van der Waals surface area (Å²) in [5.74, 6) is 0.881. The van der Waals surface area contributed by atoms with Gasteiger partial charge in [0.2, 0.25) is 0 Å². The van der Waals surface area contributed by atoms with Crippen LogP contribution in [0, 0.1) is 0 Å². The van der Waals surface area contributed by atoms with Gasteiger partial charge in [0.1, 0.15) is 0 Å². The van der Waals surface area contributed by atoms with Crippen molar-refractivity contribution in [1.82, 2.24) is 9.97 Å². The molecule has 1 aromatic heterocycles. The molecule has 2 aromatic rings. The van der Waals surface area contributed by atoms with E-state index >= 15 is 0 Å². The number of rotatable bonds is 0. The highest BCUT2D eigenvalue weighted by Crippen LogP contribution is 2.29. The summed E-state index contributed by atoms with van der Waals surface area (Å²) in [5, 5.41) is 3.27. The van der Waals surface area contributed by atoms with Crippen molar-refractivity contribution in [3.63, 3.8) is 0 Å². The second-order valence-electron chi connectivity index (χ2n) is 3.31. The van der Waals surface area contributed by atoms with Crippen molar-refractivity contribution >= 4 is 11.5 Å². The van der Waals surface area contributed by atoms with Crippen molar-refractivity contribution in [2.24, 2.45) is 0 Å². The van der Waals surface area contributed by atoms with Crippen LogP contribution in [-0.2, 0) is 6.42 Å². The molecular weight excluding hydrogens is 198 g/mol. The summed E-state index contributed by atoms with van der Waals surface area (Å²) in [6, 6.07) is 8.24. The van der Waals surface area contributed by atoms with Crippen molar-refractivity contribution < 1.29 is 0 Å². The van der Waals surface area contributed by atoms with Crippen LogP contribution in [0.4, 0.5) is 11.5 Å². The number of fused-ring (bicyclic) bond motifs is 2. The Hall–Kier alpha value is -1.90. The van der Waals surface area contributed by atoms with Crippen LogP contribution in [0.5, 0.6) is 0 Å². The smallest absolute Gasteiger partial charge is 0.152 e. The zero-order chi connectivity index (χ0) is 11.4. The second-order valence-corrected chi connectivity index (χ2v) is 3.31. The molecule has 82 valence electrons. The van der Waals surface area contributed by atoms with Gasteiger partial charge in [0.05, 0.1) is 5.69 Å². The zero-order valence-corrected chi connectivity index (χ0v) is 9.57. The van der Waals surface area contributed by atoms with E-state index in [1.54, 1.807) is 12.4 Å². The standard InChI is InChI=1S/C11H9N3.C2H6/c1-2-4-9-8(3-1)7-10-11(14-9)13-6-5-12-10;1-2/h1-6H,7H2,(H,13,14);1-2H3. The summed E-state index contributed by atoms with van der Waals surface area (Å²) in [7, 11) is 0. The molecule has 3 rings (SSSR count). The molecule has 1 aliphatic heterocycles. The van der Waals surface area contributed by atoms with Crippen LogP contribution in [0.15, 0.2) is 36.7 Å². The summed E-state index contributed by atoms with van der Waals surface area (Å²) in [6.07, 6.45) is 4.31. The van der Waals surface area contributed by atoms with E-state index < -0.39 is 0 Å². The third kappa shape index (κ3) is 1.89. The molecule has 0 aliphatic carbocycles. The molecule has 0 spiro atoms. The Labute approximate surface area is 95.6 Å². The lowest BCUT2D eigenvalue weighted by Gasteiger charge is -2.18. The van der Waals surface area contributed by atoms with E-state index in [0.29, 0.717) is 0 Å². The van der Waals surface area contributed by atoms with Gasteiger partial charge in [-0.05, 0) is 11.6 Å². The van der Waals surface area contributed by atoms with Gasteiger partial charge in [-0.25, -0.2) is 4.98 Å². The molecule has 0 bridgehead atoms. The average Bonchev–Trinajstić information content (AvgIpc) is 2.38. The monoisotopic (exact) mass is 213 g/mol. The van der Waals surface area contributed by atoms with Crippen LogP contribution >= 0.6 is 0 Å². The number of hydrogen-bond acceptors (Lipinski definition) is 3. The Kier molecular flexibility index (Phi) is 3.15. The topological polar surface area (TPSA) is 37.8 Å². The van der Waals surface area contributed by atoms with Crippen molar-refractivity contribution in [1.29, 1.82) is 0 Å². The number of para-hydroxylation sites is 1. The van der Waals surface area contributed by atoms with Crippen molar-refractivity contribution in [3.8, 4) is 0 Å². The average molecular weight is 213 g/mol. The molecule has 0 fully saturated rings. The Bertz CT molecular complexity index is 393. The van der Waals surface area contributed by atoms with E-state index in [1.807, 2.05) is 26.0 Å². The fourth-order valence-electron chi connectivity index (χ4n) is 1.70. The van der Waals surface area contributed by atoms with Crippen LogP contribution in [0.1, 0.15) is 25.1 Å². The van der Waals surface area contributed by atoms with Crippen LogP contribution in [0.2, 0.25) is 0 Å². The number of nitrogens with zero attached hydrogens (tertiary/aromatic N) is 2. The molecule has 0 amide bonds. The van der Waals surface area contributed by atoms with Crippen LogP contribution in [-0.4, -0.2) is 9.97 Å². The van der Waals surface area contributed by atoms with E-state index in [4.69, 9.17) is 0 Å². The Morgan fingerprint density at radius 2 is 1.81 bits per heavy atom. The fraction of sp³-hybridized carbons (Fsp3) is 0.231. The minimum atomic E-state index is 0.867. The molecule has 1 N–H and O–H groups in total. The fourth-order valence-corrected chi connectivity index (χ4v) is 1.70. The Morgan fingerprint density at radius 1 is 1.06 bits per heavy atom. The molecule has 0 radical (unpaired) electrons. The largest absolute Gasteiger partial charge is 0.338 e. The zero-order valence-electron chi connectivity index (χ0n) is 9.57. The SMILES string of the molecule is CC.c1ccc2c(c1)Cc1nccnc1N2. The Balaban J connectivity index is 0.000000457. The van der Waals surface area contributed by atoms with Crippen LogP contribution in [0.25, 0.3) is 0 Å². The van der Waals surface area contributed by atoms with Gasteiger partial charge in [-0.3, -0.25) is 4.98 Å². The van der Waals surface area contributed by atoms with Crippen LogP contribution in [0.3, 0.4) is 0 Å². The maximum Gasteiger partial charge on any atom is 0.152 e. The predicted molar refractivity (Wildman–Crippen MR) is 65.9 cm³/mol. The summed E-state index contributed by atoms with van der Waals surface area (Å²) < 4.78 is 0. The molecular formula is C13H15N3. The minimum absolute atomic E-state index is 0.867. The normalized spacial score (nSPS) is 11.4.